The Kier molecular flexibility index (Phi) is 5.56. The first-order valence-corrected chi connectivity index (χ1v) is 7.33. The smallest absolute Gasteiger partial charge is 0.248 e. The second-order valence-corrected chi connectivity index (χ2v) is 5.49. The average Bonchev–Trinajstić information content (AvgIpc) is 2.48. The highest BCUT2D eigenvalue weighted by Gasteiger charge is 2.30. The third-order valence-electron chi connectivity index (χ3n) is 4.01. The number of nitrogens with zero attached hydrogens (tertiary/aromatic N) is 1. The normalized spacial score (nSPS) is 22.8. The van der Waals surface area contributed by atoms with Crippen LogP contribution >= 0.6 is 0 Å². The van der Waals surface area contributed by atoms with E-state index >= 15 is 0 Å². The third kappa shape index (κ3) is 3.81. The van der Waals surface area contributed by atoms with Gasteiger partial charge in [-0.15, -0.1) is 0 Å². The van der Waals surface area contributed by atoms with E-state index in [9.17, 15) is 4.79 Å². The number of nitrogens with two attached hydrogens (primary N) is 1. The second-order valence-electron chi connectivity index (χ2n) is 5.49. The molecule has 0 saturated carbocycles. The Morgan fingerprint density at radius 2 is 2.15 bits per heavy atom. The lowest BCUT2D eigenvalue weighted by Crippen LogP contribution is -2.52. The lowest BCUT2D eigenvalue weighted by molar-refractivity contribution is -0.141. The number of piperidine rings is 1. The summed E-state index contributed by atoms with van der Waals surface area (Å²) in [6, 6.07) is 10.1. The molecule has 20 heavy (non-hydrogen) atoms. The van der Waals surface area contributed by atoms with Crippen LogP contribution in [0.25, 0.3) is 0 Å². The summed E-state index contributed by atoms with van der Waals surface area (Å²) in [7, 11) is 0. The fourth-order valence-electron chi connectivity index (χ4n) is 2.83. The number of likely N-dealkylation sites (tertiary alicyclic amines) is 1. The zero-order valence-electron chi connectivity index (χ0n) is 12.1. The Morgan fingerprint density at radius 3 is 2.85 bits per heavy atom. The van der Waals surface area contributed by atoms with Crippen molar-refractivity contribution in [3.63, 3.8) is 0 Å². The molecule has 1 aromatic carbocycles. The third-order valence-corrected chi connectivity index (χ3v) is 4.01. The van der Waals surface area contributed by atoms with Gasteiger partial charge < -0.3 is 15.4 Å². The monoisotopic (exact) mass is 276 g/mol. The Hall–Kier alpha value is -1.39. The summed E-state index contributed by atoms with van der Waals surface area (Å²) < 4.78 is 5.53. The van der Waals surface area contributed by atoms with Gasteiger partial charge in [-0.2, -0.15) is 0 Å². The standard InChI is InChI=1S/C16H24N2O2/c1-13-6-5-9-18(15(13)10-17)16(19)12-20-11-14-7-3-2-4-8-14/h2-4,7-8,13,15H,5-6,9-12,17H2,1H3. The summed E-state index contributed by atoms with van der Waals surface area (Å²) in [6.07, 6.45) is 2.21. The highest BCUT2D eigenvalue weighted by Crippen LogP contribution is 2.22. The van der Waals surface area contributed by atoms with Gasteiger partial charge in [0, 0.05) is 19.1 Å². The Bertz CT molecular complexity index is 422. The van der Waals surface area contributed by atoms with Crippen molar-refractivity contribution < 1.29 is 9.53 Å². The van der Waals surface area contributed by atoms with E-state index < -0.39 is 0 Å². The van der Waals surface area contributed by atoms with E-state index in [0.29, 0.717) is 19.1 Å². The first kappa shape index (κ1) is 15.0. The first-order chi connectivity index (χ1) is 9.72. The molecule has 1 aromatic rings. The molecule has 1 aliphatic rings. The van der Waals surface area contributed by atoms with Gasteiger partial charge in [-0.25, -0.2) is 0 Å². The number of amides is 1. The highest BCUT2D eigenvalue weighted by molar-refractivity contribution is 5.78. The molecule has 1 fully saturated rings. The number of carbonyl (C=O) groups excluding carboxylic acids is 1. The van der Waals surface area contributed by atoms with Crippen LogP contribution in [0.3, 0.4) is 0 Å². The molecule has 1 heterocycles. The minimum Gasteiger partial charge on any atom is -0.367 e. The molecule has 0 aliphatic carbocycles. The Balaban J connectivity index is 1.82. The number of hydrogen-bond donors (Lipinski definition) is 1. The number of ether oxygens (including phenoxy) is 1. The van der Waals surface area contributed by atoms with Gasteiger partial charge in [0.2, 0.25) is 5.91 Å². The zero-order valence-corrected chi connectivity index (χ0v) is 12.1. The predicted octanol–water partition coefficient (Wildman–Crippen LogP) is 1.79. The van der Waals surface area contributed by atoms with E-state index in [1.54, 1.807) is 0 Å². The van der Waals surface area contributed by atoms with Gasteiger partial charge in [-0.1, -0.05) is 37.3 Å². The van der Waals surface area contributed by atoms with Gasteiger partial charge in [0.05, 0.1) is 6.61 Å². The number of hydrogen-bond acceptors (Lipinski definition) is 3. The fourth-order valence-corrected chi connectivity index (χ4v) is 2.83. The van der Waals surface area contributed by atoms with Gasteiger partial charge in [-0.3, -0.25) is 4.79 Å². The maximum Gasteiger partial charge on any atom is 0.248 e. The molecule has 4 nitrogen and oxygen atoms in total. The van der Waals surface area contributed by atoms with Crippen LogP contribution < -0.4 is 5.73 Å². The quantitative estimate of drug-likeness (QED) is 0.892. The first-order valence-electron chi connectivity index (χ1n) is 7.33. The molecule has 0 spiro atoms. The van der Waals surface area contributed by atoms with E-state index in [1.165, 1.54) is 0 Å². The van der Waals surface area contributed by atoms with Crippen LogP contribution in [0.4, 0.5) is 0 Å². The molecule has 2 atom stereocenters. The highest BCUT2D eigenvalue weighted by atomic mass is 16.5. The Labute approximate surface area is 120 Å². The SMILES string of the molecule is CC1CCCN(C(=O)COCc2ccccc2)C1CN. The van der Waals surface area contributed by atoms with Gasteiger partial charge in [-0.05, 0) is 24.3 Å². The summed E-state index contributed by atoms with van der Waals surface area (Å²) in [5.41, 5.74) is 6.89. The van der Waals surface area contributed by atoms with Gasteiger partial charge in [0.25, 0.3) is 0 Å². The molecule has 1 saturated heterocycles. The van der Waals surface area contributed by atoms with E-state index in [0.717, 1.165) is 24.9 Å². The topological polar surface area (TPSA) is 55.6 Å². The molecule has 110 valence electrons. The van der Waals surface area contributed by atoms with E-state index in [4.69, 9.17) is 10.5 Å². The average molecular weight is 276 g/mol. The summed E-state index contributed by atoms with van der Waals surface area (Å²) >= 11 is 0. The molecular formula is C16H24N2O2. The second kappa shape index (κ2) is 7.41. The number of carbonyl (C=O) groups is 1. The van der Waals surface area contributed by atoms with Crippen LogP contribution in [-0.4, -0.2) is 36.5 Å². The van der Waals surface area contributed by atoms with Crippen LogP contribution in [0.5, 0.6) is 0 Å². The number of rotatable bonds is 5. The van der Waals surface area contributed by atoms with Crippen LogP contribution in [0, 0.1) is 5.92 Å². The van der Waals surface area contributed by atoms with E-state index in [2.05, 4.69) is 6.92 Å². The molecule has 0 radical (unpaired) electrons. The van der Waals surface area contributed by atoms with Crippen molar-refractivity contribution in [1.29, 1.82) is 0 Å². The lowest BCUT2D eigenvalue weighted by atomic mass is 9.91. The summed E-state index contributed by atoms with van der Waals surface area (Å²) in [5, 5.41) is 0. The van der Waals surface area contributed by atoms with Crippen molar-refractivity contribution in [3.8, 4) is 0 Å². The Morgan fingerprint density at radius 1 is 1.40 bits per heavy atom. The van der Waals surface area contributed by atoms with Crippen LogP contribution in [0.1, 0.15) is 25.3 Å². The molecular weight excluding hydrogens is 252 g/mol. The lowest BCUT2D eigenvalue weighted by Gasteiger charge is -2.39. The number of benzene rings is 1. The summed E-state index contributed by atoms with van der Waals surface area (Å²) in [6.45, 7) is 4.12. The van der Waals surface area contributed by atoms with Crippen LogP contribution in [0.15, 0.2) is 30.3 Å². The maximum absolute atomic E-state index is 12.2. The van der Waals surface area contributed by atoms with Crippen molar-refractivity contribution in [2.75, 3.05) is 19.7 Å². The summed E-state index contributed by atoms with van der Waals surface area (Å²) in [5.74, 6) is 0.537. The van der Waals surface area contributed by atoms with Gasteiger partial charge in [0.15, 0.2) is 0 Å². The predicted molar refractivity (Wildman–Crippen MR) is 79.1 cm³/mol. The minimum absolute atomic E-state index is 0.0583. The van der Waals surface area contributed by atoms with Crippen molar-refractivity contribution in [1.82, 2.24) is 4.90 Å². The van der Waals surface area contributed by atoms with Crippen LogP contribution in [-0.2, 0) is 16.1 Å². The minimum atomic E-state index is 0.0583. The van der Waals surface area contributed by atoms with Crippen LogP contribution in [0.2, 0.25) is 0 Å². The van der Waals surface area contributed by atoms with Gasteiger partial charge in [0.1, 0.15) is 6.61 Å². The van der Waals surface area contributed by atoms with Crippen molar-refractivity contribution in [3.05, 3.63) is 35.9 Å². The van der Waals surface area contributed by atoms with Crippen molar-refractivity contribution in [2.45, 2.75) is 32.4 Å². The molecule has 1 aliphatic heterocycles. The molecule has 0 bridgehead atoms. The van der Waals surface area contributed by atoms with Gasteiger partial charge >= 0.3 is 0 Å². The van der Waals surface area contributed by atoms with Crippen molar-refractivity contribution >= 4 is 5.91 Å². The van der Waals surface area contributed by atoms with E-state index in [1.807, 2.05) is 35.2 Å². The van der Waals surface area contributed by atoms with Crippen molar-refractivity contribution in [2.24, 2.45) is 11.7 Å². The molecule has 2 N–H and O–H groups in total. The molecule has 0 aromatic heterocycles. The molecule has 1 amide bonds. The fraction of sp³-hybridized carbons (Fsp3) is 0.562. The molecule has 4 heteroatoms. The maximum atomic E-state index is 12.2. The van der Waals surface area contributed by atoms with E-state index in [-0.39, 0.29) is 18.6 Å². The molecule has 2 rings (SSSR count). The zero-order chi connectivity index (χ0) is 14.4. The molecule has 2 unspecified atom stereocenters. The largest absolute Gasteiger partial charge is 0.367 e. The summed E-state index contributed by atoms with van der Waals surface area (Å²) in [4.78, 5) is 14.2.